The van der Waals surface area contributed by atoms with Crippen LogP contribution >= 0.6 is 0 Å². The molecule has 0 aromatic carbocycles. The van der Waals surface area contributed by atoms with E-state index in [9.17, 15) is 15.0 Å². The molecular formula is C14H26O4. The zero-order chi connectivity index (χ0) is 13.4. The summed E-state index contributed by atoms with van der Waals surface area (Å²) in [7, 11) is 0. The van der Waals surface area contributed by atoms with Crippen molar-refractivity contribution in [3.63, 3.8) is 0 Å². The minimum atomic E-state index is -0.924. The van der Waals surface area contributed by atoms with Crippen LogP contribution in [0.1, 0.15) is 64.7 Å². The number of unbranched alkanes of at least 4 members (excludes halogenated alkanes) is 5. The molecule has 4 nitrogen and oxygen atoms in total. The first kappa shape index (κ1) is 15.4. The van der Waals surface area contributed by atoms with Crippen molar-refractivity contribution in [3.8, 4) is 0 Å². The Labute approximate surface area is 109 Å². The zero-order valence-corrected chi connectivity index (χ0v) is 11.3. The number of carbonyl (C=O) groups excluding carboxylic acids is 1. The predicted molar refractivity (Wildman–Crippen MR) is 69.1 cm³/mol. The smallest absolute Gasteiger partial charge is 0.306 e. The van der Waals surface area contributed by atoms with Gasteiger partial charge in [0.2, 0.25) is 0 Å². The first-order chi connectivity index (χ1) is 8.65. The van der Waals surface area contributed by atoms with Crippen LogP contribution in [0.15, 0.2) is 0 Å². The lowest BCUT2D eigenvalue weighted by Gasteiger charge is -2.22. The van der Waals surface area contributed by atoms with Crippen molar-refractivity contribution < 1.29 is 19.7 Å². The highest BCUT2D eigenvalue weighted by molar-refractivity contribution is 5.71. The lowest BCUT2D eigenvalue weighted by atomic mass is 9.99. The second kappa shape index (κ2) is 8.48. The molecule has 1 saturated heterocycles. The number of aliphatic hydroxyl groups excluding tert-OH is 2. The quantitative estimate of drug-likeness (QED) is 0.491. The van der Waals surface area contributed by atoms with Gasteiger partial charge in [-0.3, -0.25) is 4.79 Å². The topological polar surface area (TPSA) is 66.8 Å². The van der Waals surface area contributed by atoms with E-state index in [2.05, 4.69) is 6.92 Å². The van der Waals surface area contributed by atoms with Crippen LogP contribution in [0.4, 0.5) is 0 Å². The van der Waals surface area contributed by atoms with E-state index < -0.39 is 18.3 Å². The molecule has 0 amide bonds. The summed E-state index contributed by atoms with van der Waals surface area (Å²) in [5.74, 6) is -0.272. The van der Waals surface area contributed by atoms with Gasteiger partial charge in [0.1, 0.15) is 12.2 Å². The fourth-order valence-electron chi connectivity index (χ4n) is 2.34. The summed E-state index contributed by atoms with van der Waals surface area (Å²) in [6.07, 6.45) is 6.20. The molecule has 1 fully saturated rings. The average molecular weight is 258 g/mol. The van der Waals surface area contributed by atoms with Gasteiger partial charge in [0.15, 0.2) is 0 Å². The van der Waals surface area contributed by atoms with E-state index in [-0.39, 0.29) is 5.97 Å². The fourth-order valence-corrected chi connectivity index (χ4v) is 2.34. The summed E-state index contributed by atoms with van der Waals surface area (Å²) in [6, 6.07) is 0. The van der Waals surface area contributed by atoms with Crippen LogP contribution in [0.25, 0.3) is 0 Å². The summed E-state index contributed by atoms with van der Waals surface area (Å²) in [4.78, 5) is 10.9. The number of aliphatic hydroxyl groups is 2. The average Bonchev–Trinajstić information content (AvgIpc) is 2.79. The van der Waals surface area contributed by atoms with Crippen molar-refractivity contribution in [2.24, 2.45) is 0 Å². The highest BCUT2D eigenvalue weighted by Crippen LogP contribution is 2.21. The van der Waals surface area contributed by atoms with Crippen molar-refractivity contribution in [2.45, 2.75) is 83.0 Å². The van der Waals surface area contributed by atoms with Crippen LogP contribution in [0.3, 0.4) is 0 Å². The third-order valence-electron chi connectivity index (χ3n) is 3.54. The second-order valence-corrected chi connectivity index (χ2v) is 5.18. The maximum atomic E-state index is 10.9. The molecule has 0 saturated carbocycles. The van der Waals surface area contributed by atoms with Gasteiger partial charge in [-0.1, -0.05) is 45.4 Å². The van der Waals surface area contributed by atoms with Gasteiger partial charge in [-0.15, -0.1) is 0 Å². The Kier molecular flexibility index (Phi) is 7.28. The maximum Gasteiger partial charge on any atom is 0.306 e. The molecule has 18 heavy (non-hydrogen) atoms. The molecule has 0 aliphatic carbocycles. The summed E-state index contributed by atoms with van der Waals surface area (Å²) in [6.45, 7) is 2.18. The van der Waals surface area contributed by atoms with Gasteiger partial charge in [0, 0.05) is 6.42 Å². The van der Waals surface area contributed by atoms with Crippen molar-refractivity contribution in [1.29, 1.82) is 0 Å². The zero-order valence-electron chi connectivity index (χ0n) is 11.3. The Balaban J connectivity index is 2.08. The van der Waals surface area contributed by atoms with E-state index in [1.165, 1.54) is 25.7 Å². The summed E-state index contributed by atoms with van der Waals surface area (Å²) in [5.41, 5.74) is 0. The van der Waals surface area contributed by atoms with Crippen LogP contribution < -0.4 is 0 Å². The Morgan fingerprint density at radius 3 is 2.50 bits per heavy atom. The first-order valence-corrected chi connectivity index (χ1v) is 7.20. The van der Waals surface area contributed by atoms with Crippen LogP contribution in [-0.4, -0.2) is 34.5 Å². The third-order valence-corrected chi connectivity index (χ3v) is 3.54. The number of carbonyl (C=O) groups is 1. The SMILES string of the molecule is CCCCCCCC[C@H](O)[C@H](O)[C@H]1CCC(=O)O1. The summed E-state index contributed by atoms with van der Waals surface area (Å²) >= 11 is 0. The predicted octanol–water partition coefficient (Wildman–Crippen LogP) is 2.16. The fraction of sp³-hybridized carbons (Fsp3) is 0.929. The normalized spacial score (nSPS) is 22.8. The molecule has 0 bridgehead atoms. The van der Waals surface area contributed by atoms with Crippen molar-refractivity contribution in [3.05, 3.63) is 0 Å². The summed E-state index contributed by atoms with van der Waals surface area (Å²) in [5, 5.41) is 19.7. The molecule has 0 unspecified atom stereocenters. The number of hydrogen-bond donors (Lipinski definition) is 2. The summed E-state index contributed by atoms with van der Waals surface area (Å²) < 4.78 is 4.95. The van der Waals surface area contributed by atoms with Crippen LogP contribution in [0.5, 0.6) is 0 Å². The van der Waals surface area contributed by atoms with Gasteiger partial charge >= 0.3 is 5.97 Å². The molecule has 0 aromatic rings. The Hall–Kier alpha value is -0.610. The molecular weight excluding hydrogens is 232 g/mol. The highest BCUT2D eigenvalue weighted by Gasteiger charge is 2.33. The number of ether oxygens (including phenoxy) is 1. The largest absolute Gasteiger partial charge is 0.459 e. The van der Waals surface area contributed by atoms with E-state index in [4.69, 9.17) is 4.74 Å². The molecule has 1 aliphatic rings. The molecule has 4 heteroatoms. The molecule has 0 spiro atoms. The second-order valence-electron chi connectivity index (χ2n) is 5.18. The van der Waals surface area contributed by atoms with Gasteiger partial charge < -0.3 is 14.9 Å². The van der Waals surface area contributed by atoms with Gasteiger partial charge in [-0.2, -0.15) is 0 Å². The Bertz CT molecular complexity index is 242. The molecule has 106 valence electrons. The lowest BCUT2D eigenvalue weighted by Crippen LogP contribution is -2.37. The van der Waals surface area contributed by atoms with Crippen molar-refractivity contribution in [2.75, 3.05) is 0 Å². The Morgan fingerprint density at radius 2 is 1.89 bits per heavy atom. The van der Waals surface area contributed by atoms with E-state index in [1.807, 2.05) is 0 Å². The van der Waals surface area contributed by atoms with Crippen molar-refractivity contribution in [1.82, 2.24) is 0 Å². The van der Waals surface area contributed by atoms with Gasteiger partial charge in [-0.25, -0.2) is 0 Å². The Morgan fingerprint density at radius 1 is 1.22 bits per heavy atom. The van der Waals surface area contributed by atoms with E-state index in [0.29, 0.717) is 19.3 Å². The third kappa shape index (κ3) is 5.36. The highest BCUT2D eigenvalue weighted by atomic mass is 16.6. The van der Waals surface area contributed by atoms with Gasteiger partial charge in [0.05, 0.1) is 6.10 Å². The van der Waals surface area contributed by atoms with Crippen molar-refractivity contribution >= 4 is 5.97 Å². The van der Waals surface area contributed by atoms with Crippen LogP contribution in [0, 0.1) is 0 Å². The number of hydrogen-bond acceptors (Lipinski definition) is 4. The monoisotopic (exact) mass is 258 g/mol. The molecule has 0 aromatic heterocycles. The van der Waals surface area contributed by atoms with Crippen LogP contribution in [-0.2, 0) is 9.53 Å². The van der Waals surface area contributed by atoms with Gasteiger partial charge in [-0.05, 0) is 12.8 Å². The van der Waals surface area contributed by atoms with Gasteiger partial charge in [0.25, 0.3) is 0 Å². The molecule has 1 aliphatic heterocycles. The first-order valence-electron chi connectivity index (χ1n) is 7.20. The van der Waals surface area contributed by atoms with E-state index in [0.717, 1.165) is 12.8 Å². The van der Waals surface area contributed by atoms with Crippen LogP contribution in [0.2, 0.25) is 0 Å². The molecule has 3 atom stereocenters. The minimum absolute atomic E-state index is 0.272. The maximum absolute atomic E-state index is 10.9. The van der Waals surface area contributed by atoms with E-state index in [1.54, 1.807) is 0 Å². The molecule has 2 N–H and O–H groups in total. The minimum Gasteiger partial charge on any atom is -0.459 e. The van der Waals surface area contributed by atoms with E-state index >= 15 is 0 Å². The molecule has 1 rings (SSSR count). The number of cyclic esters (lactones) is 1. The molecule has 1 heterocycles. The molecule has 0 radical (unpaired) electrons. The number of esters is 1. The standard InChI is InChI=1S/C14H26O4/c1-2-3-4-5-6-7-8-11(15)14(17)12-9-10-13(16)18-12/h11-12,14-15,17H,2-10H2,1H3/t11-,12+,14-/m0/s1. The number of rotatable bonds is 9. The lowest BCUT2D eigenvalue weighted by molar-refractivity contribution is -0.149.